The molecule has 4 aliphatic heterocycles. The fourth-order valence-electron chi connectivity index (χ4n) is 4.97. The van der Waals surface area contributed by atoms with Crippen molar-refractivity contribution >= 4 is 5.97 Å². The maximum Gasteiger partial charge on any atom is 0.303 e. The van der Waals surface area contributed by atoms with Gasteiger partial charge < -0.3 is 47.4 Å². The minimum Gasteiger partial charge on any atom is -0.496 e. The van der Waals surface area contributed by atoms with Gasteiger partial charge in [0.1, 0.15) is 5.75 Å². The largest absolute Gasteiger partial charge is 0.496 e. The van der Waals surface area contributed by atoms with Crippen LogP contribution in [0.4, 0.5) is 0 Å². The molecule has 4 unspecified atom stereocenters. The van der Waals surface area contributed by atoms with E-state index in [0.29, 0.717) is 40.2 Å². The Balaban J connectivity index is 1.34. The summed E-state index contributed by atoms with van der Waals surface area (Å²) in [5.41, 5.74) is -0.472. The lowest BCUT2D eigenvalue weighted by Crippen LogP contribution is -2.50. The van der Waals surface area contributed by atoms with Gasteiger partial charge in [0.25, 0.3) is 0 Å². The van der Waals surface area contributed by atoms with Crippen molar-refractivity contribution in [2.75, 3.05) is 41.0 Å². The van der Waals surface area contributed by atoms with Crippen molar-refractivity contribution in [3.8, 4) is 40.2 Å². The second-order valence-corrected chi connectivity index (χ2v) is 8.47. The number of carbonyl (C=O) groups is 1. The maximum absolute atomic E-state index is 12.2. The van der Waals surface area contributed by atoms with Crippen LogP contribution in [-0.2, 0) is 19.0 Å². The summed E-state index contributed by atoms with van der Waals surface area (Å²) in [6.45, 7) is 1.85. The molecule has 2 aromatic rings. The van der Waals surface area contributed by atoms with Crippen LogP contribution < -0.4 is 33.2 Å². The van der Waals surface area contributed by atoms with E-state index in [0.717, 1.165) is 5.56 Å². The monoisotopic (exact) mass is 488 g/mol. The molecule has 0 spiro atoms. The third-order valence-electron chi connectivity index (χ3n) is 6.57. The summed E-state index contributed by atoms with van der Waals surface area (Å²) in [6.07, 6.45) is -1.47. The summed E-state index contributed by atoms with van der Waals surface area (Å²) < 4.78 is 57.4. The quantitative estimate of drug-likeness (QED) is 0.560. The first-order chi connectivity index (χ1) is 17.0. The number of carbonyl (C=O) groups excluding carboxylic acids is 1. The SMILES string of the molecule is COc1cc2c(cc1OC1OCC3C(c4cc5c(cc4OC)OCO5)OCC13OC(C)=O)OCO2. The van der Waals surface area contributed by atoms with Crippen molar-refractivity contribution in [2.24, 2.45) is 5.92 Å². The Hall–Kier alpha value is -3.57. The van der Waals surface area contributed by atoms with Gasteiger partial charge in [-0.25, -0.2) is 0 Å². The molecule has 35 heavy (non-hydrogen) atoms. The summed E-state index contributed by atoms with van der Waals surface area (Å²) in [4.78, 5) is 12.2. The molecular formula is C24H24O11. The van der Waals surface area contributed by atoms with Crippen LogP contribution in [0.15, 0.2) is 24.3 Å². The molecule has 11 nitrogen and oxygen atoms in total. The minimum absolute atomic E-state index is 0.0526. The molecule has 0 aliphatic carbocycles. The topological polar surface area (TPSA) is 109 Å². The van der Waals surface area contributed by atoms with Gasteiger partial charge in [-0.15, -0.1) is 0 Å². The molecule has 11 heteroatoms. The van der Waals surface area contributed by atoms with E-state index in [2.05, 4.69) is 0 Å². The van der Waals surface area contributed by atoms with Gasteiger partial charge in [-0.05, 0) is 6.07 Å². The molecule has 0 amide bonds. The van der Waals surface area contributed by atoms with E-state index in [1.54, 1.807) is 25.3 Å². The minimum atomic E-state index is -1.21. The van der Waals surface area contributed by atoms with Crippen LogP contribution in [0, 0.1) is 5.92 Å². The van der Waals surface area contributed by atoms with Crippen LogP contribution in [0.25, 0.3) is 0 Å². The second-order valence-electron chi connectivity index (χ2n) is 8.47. The van der Waals surface area contributed by atoms with E-state index >= 15 is 0 Å². The van der Waals surface area contributed by atoms with Gasteiger partial charge in [0.15, 0.2) is 34.5 Å². The van der Waals surface area contributed by atoms with E-state index in [9.17, 15) is 4.79 Å². The summed E-state index contributed by atoms with van der Waals surface area (Å²) in [7, 11) is 3.09. The summed E-state index contributed by atoms with van der Waals surface area (Å²) in [5, 5.41) is 0. The van der Waals surface area contributed by atoms with Gasteiger partial charge in [-0.2, -0.15) is 0 Å². The van der Waals surface area contributed by atoms with Gasteiger partial charge in [-0.1, -0.05) is 0 Å². The zero-order valence-corrected chi connectivity index (χ0v) is 19.4. The van der Waals surface area contributed by atoms with Gasteiger partial charge in [-0.3, -0.25) is 4.79 Å². The van der Waals surface area contributed by atoms with Gasteiger partial charge in [0.2, 0.25) is 25.5 Å². The van der Waals surface area contributed by atoms with Crippen molar-refractivity contribution < 1.29 is 52.2 Å². The van der Waals surface area contributed by atoms with Crippen molar-refractivity contribution in [2.45, 2.75) is 24.9 Å². The highest BCUT2D eigenvalue weighted by molar-refractivity contribution is 5.67. The normalized spacial score (nSPS) is 27.5. The first-order valence-corrected chi connectivity index (χ1v) is 11.1. The van der Waals surface area contributed by atoms with Crippen molar-refractivity contribution in [1.29, 1.82) is 0 Å². The number of rotatable bonds is 6. The lowest BCUT2D eigenvalue weighted by Gasteiger charge is -2.32. The predicted molar refractivity (Wildman–Crippen MR) is 115 cm³/mol. The Labute approximate surface area is 200 Å². The third-order valence-corrected chi connectivity index (χ3v) is 6.57. The fourth-order valence-corrected chi connectivity index (χ4v) is 4.97. The second kappa shape index (κ2) is 8.28. The third kappa shape index (κ3) is 3.45. The molecule has 0 radical (unpaired) electrons. The number of esters is 1. The van der Waals surface area contributed by atoms with Crippen LogP contribution in [-0.4, -0.2) is 58.9 Å². The molecule has 0 aromatic heterocycles. The Morgan fingerprint density at radius 3 is 2.09 bits per heavy atom. The molecule has 4 atom stereocenters. The summed E-state index contributed by atoms with van der Waals surface area (Å²) in [6, 6.07) is 6.92. The highest BCUT2D eigenvalue weighted by Gasteiger charge is 2.64. The van der Waals surface area contributed by atoms with Gasteiger partial charge in [0.05, 0.1) is 39.5 Å². The molecule has 6 rings (SSSR count). The molecule has 0 saturated carbocycles. The van der Waals surface area contributed by atoms with Crippen LogP contribution >= 0.6 is 0 Å². The lowest BCUT2D eigenvalue weighted by atomic mass is 9.85. The Morgan fingerprint density at radius 2 is 1.46 bits per heavy atom. The molecule has 0 N–H and O–H groups in total. The molecule has 2 saturated heterocycles. The highest BCUT2D eigenvalue weighted by atomic mass is 16.7. The van der Waals surface area contributed by atoms with Crippen molar-refractivity contribution in [1.82, 2.24) is 0 Å². The summed E-state index contributed by atoms with van der Waals surface area (Å²) in [5.74, 6) is 2.74. The Bertz CT molecular complexity index is 1160. The number of hydrogen-bond acceptors (Lipinski definition) is 11. The predicted octanol–water partition coefficient (Wildman–Crippen LogP) is 2.59. The molecule has 186 valence electrons. The number of methoxy groups -OCH3 is 2. The number of ether oxygens (including phenoxy) is 10. The average Bonchev–Trinajstić information content (AvgIpc) is 3.62. The lowest BCUT2D eigenvalue weighted by molar-refractivity contribution is -0.191. The maximum atomic E-state index is 12.2. The number of hydrogen-bond donors (Lipinski definition) is 0. The molecule has 0 bridgehead atoms. The van der Waals surface area contributed by atoms with Gasteiger partial charge in [0, 0.05) is 30.7 Å². The zero-order valence-electron chi connectivity index (χ0n) is 19.4. The van der Waals surface area contributed by atoms with Crippen LogP contribution in [0.3, 0.4) is 0 Å². The molecule has 2 aromatic carbocycles. The molecule has 2 fully saturated rings. The zero-order chi connectivity index (χ0) is 24.2. The van der Waals surface area contributed by atoms with Crippen LogP contribution in [0.2, 0.25) is 0 Å². The molecular weight excluding hydrogens is 464 g/mol. The van der Waals surface area contributed by atoms with E-state index in [1.165, 1.54) is 14.0 Å². The van der Waals surface area contributed by atoms with E-state index in [1.807, 2.05) is 6.07 Å². The van der Waals surface area contributed by atoms with Crippen LogP contribution in [0.5, 0.6) is 40.2 Å². The highest BCUT2D eigenvalue weighted by Crippen LogP contribution is 2.54. The number of benzene rings is 2. The summed E-state index contributed by atoms with van der Waals surface area (Å²) >= 11 is 0. The Morgan fingerprint density at radius 1 is 0.857 bits per heavy atom. The van der Waals surface area contributed by atoms with E-state index in [4.69, 9.17) is 47.4 Å². The standard InChI is InChI=1S/C24H24O11/c1-12(25)35-24-9-29-22(13-4-17-18(31-10-30-17)5-15(13)26-2)14(24)8-28-23(24)34-21-7-20-19(32-11-33-20)6-16(21)27-3/h4-7,14,22-23H,8-11H2,1-3H3. The fraction of sp³-hybridized carbons (Fsp3) is 0.458. The first kappa shape index (κ1) is 21.9. The molecule has 4 aliphatic rings. The smallest absolute Gasteiger partial charge is 0.303 e. The first-order valence-electron chi connectivity index (χ1n) is 11.1. The van der Waals surface area contributed by atoms with Crippen LogP contribution in [0.1, 0.15) is 18.6 Å². The van der Waals surface area contributed by atoms with Gasteiger partial charge >= 0.3 is 5.97 Å². The number of fused-ring (bicyclic) bond motifs is 3. The van der Waals surface area contributed by atoms with E-state index in [-0.39, 0.29) is 32.7 Å². The van der Waals surface area contributed by atoms with E-state index < -0.39 is 24.0 Å². The average molecular weight is 488 g/mol. The van der Waals surface area contributed by atoms with Crippen molar-refractivity contribution in [3.05, 3.63) is 29.8 Å². The van der Waals surface area contributed by atoms with Crippen molar-refractivity contribution in [3.63, 3.8) is 0 Å². The Kier molecular flexibility index (Phi) is 5.19. The molecule has 4 heterocycles.